The summed E-state index contributed by atoms with van der Waals surface area (Å²) in [6.07, 6.45) is 73.2. The van der Waals surface area contributed by atoms with Crippen molar-refractivity contribution in [2.45, 2.75) is 276 Å². The van der Waals surface area contributed by atoms with Crippen LogP contribution < -0.4 is 5.32 Å². The maximum Gasteiger partial charge on any atom is 0.472 e. The highest BCUT2D eigenvalue weighted by molar-refractivity contribution is 7.47. The predicted molar refractivity (Wildman–Crippen MR) is 309 cm³/mol. The molecule has 0 radical (unpaired) electrons. The van der Waals surface area contributed by atoms with Crippen LogP contribution in [-0.2, 0) is 18.4 Å². The summed E-state index contributed by atoms with van der Waals surface area (Å²) in [5.74, 6) is -0.186. The van der Waals surface area contributed by atoms with E-state index in [0.29, 0.717) is 17.4 Å². The Morgan fingerprint density at radius 2 is 0.859 bits per heavy atom. The Balaban J connectivity index is 3.92. The number of aliphatic hydroxyl groups is 1. The molecule has 3 atom stereocenters. The first kappa shape index (κ1) is 68.9. The second-order valence-corrected chi connectivity index (χ2v) is 22.8. The number of nitrogens with one attached hydrogen (secondary N) is 1. The maximum absolute atomic E-state index is 12.9. The number of allylic oxidation sites excluding steroid dienone is 11. The number of phosphoric ester groups is 1. The minimum Gasteiger partial charge on any atom is -0.387 e. The van der Waals surface area contributed by atoms with Gasteiger partial charge in [-0.2, -0.15) is 0 Å². The summed E-state index contributed by atoms with van der Waals surface area (Å²) in [7, 11) is 1.56. The lowest BCUT2D eigenvalue weighted by Crippen LogP contribution is -2.45. The SMILES string of the molecule is CC/C=C\C/C=C\C/C=C\C/C=C\CCCCCCCCCCCCCCCCCCCCCCCCCCC(=O)NC(COP(=O)(O)OCC[N+](C)(C)C)C(O)/C=C/CC/C=C/CCCCCCCC. The van der Waals surface area contributed by atoms with Gasteiger partial charge < -0.3 is 19.8 Å². The maximum atomic E-state index is 12.9. The Morgan fingerprint density at radius 1 is 0.493 bits per heavy atom. The van der Waals surface area contributed by atoms with E-state index >= 15 is 0 Å². The molecule has 0 saturated heterocycles. The molecule has 0 aromatic heterocycles. The van der Waals surface area contributed by atoms with Gasteiger partial charge in [0.2, 0.25) is 5.91 Å². The van der Waals surface area contributed by atoms with Gasteiger partial charge in [0.05, 0.1) is 39.9 Å². The number of phosphoric acid groups is 1. The van der Waals surface area contributed by atoms with Gasteiger partial charge in [-0.3, -0.25) is 13.8 Å². The number of quaternary nitrogens is 1. The van der Waals surface area contributed by atoms with Gasteiger partial charge in [-0.25, -0.2) is 4.57 Å². The highest BCUT2D eigenvalue weighted by Gasteiger charge is 2.27. The van der Waals surface area contributed by atoms with Crippen molar-refractivity contribution >= 4 is 13.7 Å². The monoisotopic (exact) mass is 1020 g/mol. The van der Waals surface area contributed by atoms with E-state index < -0.39 is 20.0 Å². The van der Waals surface area contributed by atoms with Crippen molar-refractivity contribution in [1.82, 2.24) is 5.32 Å². The Morgan fingerprint density at radius 3 is 1.30 bits per heavy atom. The van der Waals surface area contributed by atoms with Crippen molar-refractivity contribution in [1.29, 1.82) is 0 Å². The summed E-state index contributed by atoms with van der Waals surface area (Å²) in [6.45, 7) is 4.67. The molecular formula is C62H116N2O6P+. The van der Waals surface area contributed by atoms with Gasteiger partial charge in [-0.15, -0.1) is 0 Å². The molecule has 0 rings (SSSR count). The fraction of sp³-hybridized carbons (Fsp3) is 0.790. The van der Waals surface area contributed by atoms with Crippen LogP contribution >= 0.6 is 7.82 Å². The molecule has 414 valence electrons. The molecule has 0 fully saturated rings. The van der Waals surface area contributed by atoms with E-state index in [1.807, 2.05) is 27.2 Å². The number of carbonyl (C=O) groups is 1. The lowest BCUT2D eigenvalue weighted by molar-refractivity contribution is -0.870. The van der Waals surface area contributed by atoms with Crippen molar-refractivity contribution in [2.24, 2.45) is 0 Å². The first-order chi connectivity index (χ1) is 34.5. The third kappa shape index (κ3) is 55.5. The number of rotatable bonds is 54. The van der Waals surface area contributed by atoms with Gasteiger partial charge in [0.1, 0.15) is 13.2 Å². The quantitative estimate of drug-likeness (QED) is 0.0243. The Kier molecular flexibility index (Phi) is 51.3. The van der Waals surface area contributed by atoms with Gasteiger partial charge in [0.15, 0.2) is 0 Å². The third-order valence-corrected chi connectivity index (χ3v) is 14.1. The minimum absolute atomic E-state index is 0.0559. The highest BCUT2D eigenvalue weighted by Crippen LogP contribution is 2.43. The largest absolute Gasteiger partial charge is 0.472 e. The lowest BCUT2D eigenvalue weighted by atomic mass is 10.0. The molecule has 3 N–H and O–H groups in total. The van der Waals surface area contributed by atoms with Crippen molar-refractivity contribution in [3.05, 3.63) is 72.9 Å². The van der Waals surface area contributed by atoms with Gasteiger partial charge in [-0.1, -0.05) is 260 Å². The topological polar surface area (TPSA) is 105 Å². The number of hydrogen-bond acceptors (Lipinski definition) is 5. The van der Waals surface area contributed by atoms with Crippen LogP contribution in [0.1, 0.15) is 264 Å². The average Bonchev–Trinajstić information content (AvgIpc) is 3.33. The third-order valence-electron chi connectivity index (χ3n) is 13.2. The van der Waals surface area contributed by atoms with Crippen LogP contribution in [0.3, 0.4) is 0 Å². The van der Waals surface area contributed by atoms with Crippen molar-refractivity contribution in [3.8, 4) is 0 Å². The molecule has 0 saturated carbocycles. The fourth-order valence-electron chi connectivity index (χ4n) is 8.52. The molecular weight excluding hydrogens is 900 g/mol. The zero-order valence-electron chi connectivity index (χ0n) is 47.2. The number of nitrogens with zero attached hydrogens (tertiary/aromatic N) is 1. The van der Waals surface area contributed by atoms with Crippen molar-refractivity contribution < 1.29 is 32.9 Å². The minimum atomic E-state index is -4.35. The highest BCUT2D eigenvalue weighted by atomic mass is 31.2. The number of unbranched alkanes of at least 4 members (excludes halogenated alkanes) is 31. The molecule has 1 amide bonds. The number of carbonyl (C=O) groups excluding carboxylic acids is 1. The number of amides is 1. The Bertz CT molecular complexity index is 1380. The van der Waals surface area contributed by atoms with Gasteiger partial charge in [0.25, 0.3) is 0 Å². The normalized spacial score (nSPS) is 14.4. The second kappa shape index (κ2) is 52.8. The zero-order chi connectivity index (χ0) is 52.0. The van der Waals surface area contributed by atoms with Crippen LogP contribution in [0.15, 0.2) is 72.9 Å². The summed E-state index contributed by atoms with van der Waals surface area (Å²) < 4.78 is 23.6. The van der Waals surface area contributed by atoms with Crippen molar-refractivity contribution in [2.75, 3.05) is 40.9 Å². The molecule has 0 heterocycles. The lowest BCUT2D eigenvalue weighted by Gasteiger charge is -2.25. The first-order valence-corrected chi connectivity index (χ1v) is 31.3. The summed E-state index contributed by atoms with van der Waals surface area (Å²) in [5.41, 5.74) is 0. The van der Waals surface area contributed by atoms with Crippen molar-refractivity contribution in [3.63, 3.8) is 0 Å². The zero-order valence-corrected chi connectivity index (χ0v) is 48.1. The molecule has 0 aliphatic rings. The van der Waals surface area contributed by atoms with Crippen LogP contribution in [0.2, 0.25) is 0 Å². The van der Waals surface area contributed by atoms with Gasteiger partial charge in [0, 0.05) is 6.42 Å². The Hall–Kier alpha value is -2.06. The summed E-state index contributed by atoms with van der Waals surface area (Å²) >= 11 is 0. The molecule has 8 nitrogen and oxygen atoms in total. The van der Waals surface area contributed by atoms with Crippen LogP contribution in [-0.4, -0.2) is 73.4 Å². The van der Waals surface area contributed by atoms with E-state index in [2.05, 4.69) is 79.9 Å². The van der Waals surface area contributed by atoms with E-state index in [1.54, 1.807) is 6.08 Å². The van der Waals surface area contributed by atoms with Crippen LogP contribution in [0.4, 0.5) is 0 Å². The molecule has 0 spiro atoms. The number of likely N-dealkylation sites (N-methyl/N-ethyl adjacent to an activating group) is 1. The van der Waals surface area contributed by atoms with E-state index in [-0.39, 0.29) is 19.1 Å². The second-order valence-electron chi connectivity index (χ2n) is 21.3. The molecule has 9 heteroatoms. The van der Waals surface area contributed by atoms with Gasteiger partial charge >= 0.3 is 7.82 Å². The fourth-order valence-corrected chi connectivity index (χ4v) is 9.26. The summed E-state index contributed by atoms with van der Waals surface area (Å²) in [6, 6.07) is -0.862. The molecule has 0 bridgehead atoms. The van der Waals surface area contributed by atoms with E-state index in [4.69, 9.17) is 9.05 Å². The van der Waals surface area contributed by atoms with E-state index in [9.17, 15) is 19.4 Å². The van der Waals surface area contributed by atoms with Crippen LogP contribution in [0.5, 0.6) is 0 Å². The molecule has 0 aliphatic carbocycles. The molecule has 3 unspecified atom stereocenters. The summed E-state index contributed by atoms with van der Waals surface area (Å²) in [5, 5.41) is 13.9. The molecule has 0 aromatic rings. The first-order valence-electron chi connectivity index (χ1n) is 29.8. The Labute approximate surface area is 440 Å². The predicted octanol–water partition coefficient (Wildman–Crippen LogP) is 18.3. The van der Waals surface area contributed by atoms with E-state index in [1.165, 1.54) is 180 Å². The van der Waals surface area contributed by atoms with Crippen LogP contribution in [0.25, 0.3) is 0 Å². The number of hydrogen-bond donors (Lipinski definition) is 3. The molecule has 0 aromatic carbocycles. The average molecular weight is 1020 g/mol. The summed E-state index contributed by atoms with van der Waals surface area (Å²) in [4.78, 5) is 23.2. The smallest absolute Gasteiger partial charge is 0.387 e. The molecule has 0 aliphatic heterocycles. The molecule has 71 heavy (non-hydrogen) atoms. The van der Waals surface area contributed by atoms with Crippen LogP contribution in [0, 0.1) is 0 Å². The van der Waals surface area contributed by atoms with Gasteiger partial charge in [-0.05, 0) is 70.6 Å². The number of aliphatic hydroxyl groups excluding tert-OH is 1. The standard InChI is InChI=1S/C62H115N2O6P/c1-6-8-10-12-14-16-18-20-21-22-23-24-25-26-27-28-29-30-31-32-33-34-35-36-37-38-39-40-41-42-43-44-46-48-50-52-54-56-62(66)63-60(59-70-71(67,68)69-58-57-64(3,4)5)61(65)55-53-51-49-47-45-19-17-15-13-11-9-7-2/h8,10,14,16,20-21,23-24,45,47,53,55,60-61,65H,6-7,9,11-13,15,17-19,22,25-44,46,48-52,54,56-59H2,1-5H3,(H-,63,66,67,68)/p+1/b10-8-,16-14-,21-20-,24-23-,47-45+,55-53+. The van der Waals surface area contributed by atoms with E-state index in [0.717, 1.165) is 64.2 Å².